The Kier molecular flexibility index (Phi) is 6.36. The fourth-order valence-corrected chi connectivity index (χ4v) is 5.99. The first-order valence-corrected chi connectivity index (χ1v) is 11.9. The number of amides is 2. The number of aryl methyl sites for hydroxylation is 1. The van der Waals surface area contributed by atoms with Crippen molar-refractivity contribution in [1.29, 1.82) is 0 Å². The normalized spacial score (nSPS) is 24.0. The summed E-state index contributed by atoms with van der Waals surface area (Å²) in [5.74, 6) is 0.629. The highest BCUT2D eigenvalue weighted by atomic mass is 32.1. The lowest BCUT2D eigenvalue weighted by Gasteiger charge is -2.36. The molecule has 0 spiro atoms. The smallest absolute Gasteiger partial charge is 0.263 e. The molecule has 1 atom stereocenters. The molecule has 0 bridgehead atoms. The molecule has 0 radical (unpaired) electrons. The SMILES string of the molecule is CCN1CCN(C(=O)[C@@H]2CCc3sc(C(=O)N4CCCCCC4)cc3C2)CC1. The summed E-state index contributed by atoms with van der Waals surface area (Å²) in [5.41, 5.74) is 1.25. The van der Waals surface area contributed by atoms with Gasteiger partial charge in [0.1, 0.15) is 0 Å². The summed E-state index contributed by atoms with van der Waals surface area (Å²) in [6.07, 6.45) is 7.40. The highest BCUT2D eigenvalue weighted by Crippen LogP contribution is 2.34. The van der Waals surface area contributed by atoms with Crippen LogP contribution < -0.4 is 0 Å². The molecule has 2 fully saturated rings. The molecular weight excluding hydrogens is 370 g/mol. The molecule has 3 heterocycles. The summed E-state index contributed by atoms with van der Waals surface area (Å²) < 4.78 is 0. The molecule has 0 saturated carbocycles. The van der Waals surface area contributed by atoms with Gasteiger partial charge in [-0.25, -0.2) is 0 Å². The van der Waals surface area contributed by atoms with Crippen molar-refractivity contribution < 1.29 is 9.59 Å². The second-order valence-electron chi connectivity index (χ2n) is 8.46. The standard InChI is InChI=1S/C22H33N3O2S/c1-2-23-11-13-25(14-12-23)21(26)17-7-8-19-18(15-17)16-20(28-19)22(27)24-9-5-3-4-6-10-24/h16-17H,2-15H2,1H3/t17-/m1/s1. The predicted molar refractivity (Wildman–Crippen MR) is 113 cm³/mol. The van der Waals surface area contributed by atoms with Gasteiger partial charge in [-0.15, -0.1) is 11.3 Å². The van der Waals surface area contributed by atoms with Gasteiger partial charge >= 0.3 is 0 Å². The summed E-state index contributed by atoms with van der Waals surface area (Å²) in [5, 5.41) is 0. The van der Waals surface area contributed by atoms with Crippen LogP contribution in [-0.4, -0.2) is 72.3 Å². The van der Waals surface area contributed by atoms with Crippen LogP contribution in [0.5, 0.6) is 0 Å². The van der Waals surface area contributed by atoms with Gasteiger partial charge in [0.2, 0.25) is 5.91 Å². The van der Waals surface area contributed by atoms with E-state index in [0.29, 0.717) is 5.91 Å². The number of hydrogen-bond donors (Lipinski definition) is 0. The molecule has 28 heavy (non-hydrogen) atoms. The van der Waals surface area contributed by atoms with Gasteiger partial charge in [-0.05, 0) is 50.3 Å². The van der Waals surface area contributed by atoms with E-state index in [1.807, 2.05) is 4.90 Å². The van der Waals surface area contributed by atoms with E-state index in [0.717, 1.165) is 82.8 Å². The van der Waals surface area contributed by atoms with Gasteiger partial charge in [-0.3, -0.25) is 9.59 Å². The van der Waals surface area contributed by atoms with Crippen LogP contribution in [0.4, 0.5) is 0 Å². The molecular formula is C22H33N3O2S. The average molecular weight is 404 g/mol. The lowest BCUT2D eigenvalue weighted by atomic mass is 9.87. The molecule has 0 aromatic carbocycles. The fraction of sp³-hybridized carbons (Fsp3) is 0.727. The molecule has 2 aliphatic heterocycles. The third-order valence-corrected chi connectivity index (χ3v) is 7.89. The first-order valence-electron chi connectivity index (χ1n) is 11.1. The second kappa shape index (κ2) is 8.95. The predicted octanol–water partition coefficient (Wildman–Crippen LogP) is 3.03. The maximum Gasteiger partial charge on any atom is 0.263 e. The van der Waals surface area contributed by atoms with Crippen LogP contribution in [0.1, 0.15) is 59.1 Å². The molecule has 3 aliphatic rings. The minimum atomic E-state index is 0.0939. The van der Waals surface area contributed by atoms with E-state index in [1.165, 1.54) is 23.3 Å². The molecule has 1 aromatic rings. The van der Waals surface area contributed by atoms with Crippen molar-refractivity contribution in [1.82, 2.24) is 14.7 Å². The number of carbonyl (C=O) groups excluding carboxylic acids is 2. The number of piperazine rings is 1. The lowest BCUT2D eigenvalue weighted by molar-refractivity contribution is -0.137. The first kappa shape index (κ1) is 19.9. The van der Waals surface area contributed by atoms with E-state index in [-0.39, 0.29) is 11.8 Å². The van der Waals surface area contributed by atoms with Gasteiger partial charge in [-0.1, -0.05) is 19.8 Å². The fourth-order valence-electron chi connectivity index (χ4n) is 4.81. The molecule has 2 amide bonds. The van der Waals surface area contributed by atoms with Crippen molar-refractivity contribution in [2.45, 2.75) is 51.9 Å². The highest BCUT2D eigenvalue weighted by molar-refractivity contribution is 7.14. The van der Waals surface area contributed by atoms with Crippen LogP contribution in [0.15, 0.2) is 6.07 Å². The quantitative estimate of drug-likeness (QED) is 0.779. The van der Waals surface area contributed by atoms with Crippen LogP contribution in [0.2, 0.25) is 0 Å². The van der Waals surface area contributed by atoms with Gasteiger partial charge < -0.3 is 14.7 Å². The molecule has 1 aliphatic carbocycles. The maximum absolute atomic E-state index is 13.0. The number of likely N-dealkylation sites (tertiary alicyclic amines) is 1. The Balaban J connectivity index is 1.39. The molecule has 4 rings (SSSR count). The zero-order valence-corrected chi connectivity index (χ0v) is 17.9. The van der Waals surface area contributed by atoms with Gasteiger partial charge in [0.25, 0.3) is 5.91 Å². The maximum atomic E-state index is 13.0. The Morgan fingerprint density at radius 1 is 1.00 bits per heavy atom. The summed E-state index contributed by atoms with van der Waals surface area (Å²) in [6, 6.07) is 2.10. The molecule has 2 saturated heterocycles. The number of thiophene rings is 1. The van der Waals surface area contributed by atoms with Crippen molar-refractivity contribution in [3.63, 3.8) is 0 Å². The van der Waals surface area contributed by atoms with Gasteiger partial charge in [0, 0.05) is 50.1 Å². The third-order valence-electron chi connectivity index (χ3n) is 6.67. The van der Waals surface area contributed by atoms with E-state index in [4.69, 9.17) is 0 Å². The van der Waals surface area contributed by atoms with E-state index in [9.17, 15) is 9.59 Å². The molecule has 154 valence electrons. The minimum absolute atomic E-state index is 0.0939. The van der Waals surface area contributed by atoms with Gasteiger partial charge in [-0.2, -0.15) is 0 Å². The van der Waals surface area contributed by atoms with E-state index in [2.05, 4.69) is 22.8 Å². The Hall–Kier alpha value is -1.40. The van der Waals surface area contributed by atoms with E-state index >= 15 is 0 Å². The Morgan fingerprint density at radius 3 is 2.39 bits per heavy atom. The number of nitrogens with zero attached hydrogens (tertiary/aromatic N) is 3. The van der Waals surface area contributed by atoms with Crippen LogP contribution in [-0.2, 0) is 17.6 Å². The zero-order chi connectivity index (χ0) is 19.5. The largest absolute Gasteiger partial charge is 0.340 e. The van der Waals surface area contributed by atoms with Crippen LogP contribution in [0.25, 0.3) is 0 Å². The average Bonchev–Trinajstić information content (AvgIpc) is 2.97. The molecule has 0 unspecified atom stereocenters. The summed E-state index contributed by atoms with van der Waals surface area (Å²) in [6.45, 7) is 8.74. The monoisotopic (exact) mass is 403 g/mol. The van der Waals surface area contributed by atoms with Crippen molar-refractivity contribution in [2.24, 2.45) is 5.92 Å². The highest BCUT2D eigenvalue weighted by Gasteiger charge is 2.32. The van der Waals surface area contributed by atoms with Gasteiger partial charge in [0.15, 0.2) is 0 Å². The Labute approximate surface area is 172 Å². The first-order chi connectivity index (χ1) is 13.7. The molecule has 6 heteroatoms. The van der Waals surface area contributed by atoms with E-state index < -0.39 is 0 Å². The van der Waals surface area contributed by atoms with Crippen molar-refractivity contribution >= 4 is 23.2 Å². The number of carbonyl (C=O) groups is 2. The van der Waals surface area contributed by atoms with Crippen LogP contribution in [0.3, 0.4) is 0 Å². The number of rotatable bonds is 3. The zero-order valence-electron chi connectivity index (χ0n) is 17.1. The number of fused-ring (bicyclic) bond motifs is 1. The third kappa shape index (κ3) is 4.28. The van der Waals surface area contributed by atoms with Crippen LogP contribution in [0, 0.1) is 5.92 Å². The van der Waals surface area contributed by atoms with E-state index in [1.54, 1.807) is 11.3 Å². The minimum Gasteiger partial charge on any atom is -0.340 e. The lowest BCUT2D eigenvalue weighted by Crippen LogP contribution is -2.50. The molecule has 1 aromatic heterocycles. The van der Waals surface area contributed by atoms with Crippen molar-refractivity contribution in [3.05, 3.63) is 21.4 Å². The topological polar surface area (TPSA) is 43.9 Å². The number of likely N-dealkylation sites (N-methyl/N-ethyl adjacent to an activating group) is 1. The summed E-state index contributed by atoms with van der Waals surface area (Å²) in [7, 11) is 0. The van der Waals surface area contributed by atoms with Gasteiger partial charge in [0.05, 0.1) is 4.88 Å². The summed E-state index contributed by atoms with van der Waals surface area (Å²) in [4.78, 5) is 34.7. The Bertz CT molecular complexity index is 701. The summed E-state index contributed by atoms with van der Waals surface area (Å²) >= 11 is 1.67. The Morgan fingerprint density at radius 2 is 1.71 bits per heavy atom. The second-order valence-corrected chi connectivity index (χ2v) is 9.60. The van der Waals surface area contributed by atoms with Crippen LogP contribution >= 0.6 is 11.3 Å². The molecule has 5 nitrogen and oxygen atoms in total. The molecule has 0 N–H and O–H groups in total. The van der Waals surface area contributed by atoms with Crippen molar-refractivity contribution in [2.75, 3.05) is 45.8 Å². The van der Waals surface area contributed by atoms with Crippen molar-refractivity contribution in [3.8, 4) is 0 Å². The number of hydrogen-bond acceptors (Lipinski definition) is 4.